The normalized spacial score (nSPS) is 11.0. The van der Waals surface area contributed by atoms with Crippen molar-refractivity contribution in [3.05, 3.63) is 54.1 Å². The fraction of sp³-hybridized carbons (Fsp3) is 0.278. The minimum absolute atomic E-state index is 0.0426. The van der Waals surface area contributed by atoms with Crippen LogP contribution in [0, 0.1) is 0 Å². The Morgan fingerprint density at radius 2 is 1.82 bits per heavy atom. The van der Waals surface area contributed by atoms with Crippen LogP contribution in [0.3, 0.4) is 0 Å². The maximum absolute atomic E-state index is 12.0. The van der Waals surface area contributed by atoms with E-state index in [0.717, 1.165) is 5.56 Å². The summed E-state index contributed by atoms with van der Waals surface area (Å²) in [6, 6.07) is 14.4. The number of hydrogen-bond acceptors (Lipinski definition) is 3. The zero-order valence-electron chi connectivity index (χ0n) is 13.1. The Bertz CT molecular complexity index is 645. The predicted octanol–water partition coefficient (Wildman–Crippen LogP) is 3.71. The molecule has 0 aliphatic heterocycles. The van der Waals surface area contributed by atoms with Crippen molar-refractivity contribution in [3.63, 3.8) is 0 Å². The molecule has 116 valence electrons. The number of anilines is 1. The number of phenolic OH excluding ortho intramolecular Hbond substituents is 1. The van der Waals surface area contributed by atoms with E-state index in [2.05, 4.69) is 26.1 Å². The lowest BCUT2D eigenvalue weighted by molar-refractivity contribution is -0.118. The highest BCUT2D eigenvalue weighted by molar-refractivity contribution is 5.93. The summed E-state index contributed by atoms with van der Waals surface area (Å²) < 4.78 is 5.38. The van der Waals surface area contributed by atoms with Gasteiger partial charge in [-0.05, 0) is 35.2 Å². The third kappa shape index (κ3) is 4.25. The predicted molar refractivity (Wildman–Crippen MR) is 87.4 cm³/mol. The molecule has 4 heteroatoms. The zero-order valence-corrected chi connectivity index (χ0v) is 13.1. The summed E-state index contributed by atoms with van der Waals surface area (Å²) >= 11 is 0. The SMILES string of the molecule is CC(C)(C)c1ccc(O)c(NC(=O)COc2ccccc2)c1. The molecule has 0 atom stereocenters. The van der Waals surface area contributed by atoms with E-state index in [1.54, 1.807) is 24.3 Å². The van der Waals surface area contributed by atoms with Crippen LogP contribution in [0.5, 0.6) is 11.5 Å². The fourth-order valence-corrected chi connectivity index (χ4v) is 1.95. The van der Waals surface area contributed by atoms with E-state index in [0.29, 0.717) is 11.4 Å². The maximum Gasteiger partial charge on any atom is 0.262 e. The molecule has 0 fully saturated rings. The van der Waals surface area contributed by atoms with Crippen molar-refractivity contribution in [1.82, 2.24) is 0 Å². The molecule has 2 rings (SSSR count). The molecule has 0 heterocycles. The fourth-order valence-electron chi connectivity index (χ4n) is 1.95. The molecule has 2 aromatic rings. The van der Waals surface area contributed by atoms with Crippen LogP contribution in [0.2, 0.25) is 0 Å². The van der Waals surface area contributed by atoms with Crippen molar-refractivity contribution in [2.24, 2.45) is 0 Å². The highest BCUT2D eigenvalue weighted by Crippen LogP contribution is 2.30. The van der Waals surface area contributed by atoms with Crippen molar-refractivity contribution in [2.75, 3.05) is 11.9 Å². The van der Waals surface area contributed by atoms with Gasteiger partial charge in [0.25, 0.3) is 5.91 Å². The number of carbonyl (C=O) groups excluding carboxylic acids is 1. The molecule has 2 N–H and O–H groups in total. The topological polar surface area (TPSA) is 58.6 Å². The summed E-state index contributed by atoms with van der Waals surface area (Å²) in [6.07, 6.45) is 0. The monoisotopic (exact) mass is 299 g/mol. The number of hydrogen-bond donors (Lipinski definition) is 2. The minimum Gasteiger partial charge on any atom is -0.506 e. The summed E-state index contributed by atoms with van der Waals surface area (Å²) in [5.74, 6) is 0.358. The van der Waals surface area contributed by atoms with Crippen LogP contribution >= 0.6 is 0 Å². The molecular formula is C18H21NO3. The largest absolute Gasteiger partial charge is 0.506 e. The van der Waals surface area contributed by atoms with Gasteiger partial charge in [-0.1, -0.05) is 45.0 Å². The lowest BCUT2D eigenvalue weighted by Gasteiger charge is -2.20. The van der Waals surface area contributed by atoms with E-state index in [4.69, 9.17) is 4.74 Å². The van der Waals surface area contributed by atoms with Crippen LogP contribution in [0.25, 0.3) is 0 Å². The van der Waals surface area contributed by atoms with E-state index < -0.39 is 0 Å². The number of benzene rings is 2. The minimum atomic E-state index is -0.315. The van der Waals surface area contributed by atoms with E-state index in [1.807, 2.05) is 24.3 Å². The van der Waals surface area contributed by atoms with Crippen molar-refractivity contribution in [2.45, 2.75) is 26.2 Å². The first-order valence-electron chi connectivity index (χ1n) is 7.17. The average molecular weight is 299 g/mol. The van der Waals surface area contributed by atoms with Gasteiger partial charge in [-0.3, -0.25) is 4.79 Å². The van der Waals surface area contributed by atoms with Gasteiger partial charge in [0, 0.05) is 0 Å². The van der Waals surface area contributed by atoms with Crippen molar-refractivity contribution in [3.8, 4) is 11.5 Å². The maximum atomic E-state index is 12.0. The van der Waals surface area contributed by atoms with Gasteiger partial charge in [-0.25, -0.2) is 0 Å². The molecule has 2 aromatic carbocycles. The molecule has 0 spiro atoms. The molecule has 0 bridgehead atoms. The van der Waals surface area contributed by atoms with Gasteiger partial charge in [0.05, 0.1) is 5.69 Å². The summed E-state index contributed by atoms with van der Waals surface area (Å²) in [6.45, 7) is 6.11. The lowest BCUT2D eigenvalue weighted by atomic mass is 9.87. The van der Waals surface area contributed by atoms with Gasteiger partial charge < -0.3 is 15.2 Å². The van der Waals surface area contributed by atoms with E-state index in [1.165, 1.54) is 0 Å². The smallest absolute Gasteiger partial charge is 0.262 e. The number of ether oxygens (including phenoxy) is 1. The molecule has 22 heavy (non-hydrogen) atoms. The highest BCUT2D eigenvalue weighted by Gasteiger charge is 2.16. The van der Waals surface area contributed by atoms with Crippen LogP contribution in [0.1, 0.15) is 26.3 Å². The molecule has 0 saturated carbocycles. The molecule has 1 amide bonds. The van der Waals surface area contributed by atoms with Crippen molar-refractivity contribution >= 4 is 11.6 Å². The van der Waals surface area contributed by atoms with Crippen LogP contribution < -0.4 is 10.1 Å². The molecule has 0 aliphatic rings. The Morgan fingerprint density at radius 1 is 1.14 bits per heavy atom. The van der Waals surface area contributed by atoms with Gasteiger partial charge in [-0.2, -0.15) is 0 Å². The van der Waals surface area contributed by atoms with Gasteiger partial charge in [0.1, 0.15) is 11.5 Å². The van der Waals surface area contributed by atoms with E-state index in [-0.39, 0.29) is 23.7 Å². The Hall–Kier alpha value is -2.49. The van der Waals surface area contributed by atoms with Crippen LogP contribution in [0.15, 0.2) is 48.5 Å². The molecule has 0 aliphatic carbocycles. The Kier molecular flexibility index (Phi) is 4.71. The summed E-state index contributed by atoms with van der Waals surface area (Å²) in [4.78, 5) is 12.0. The second-order valence-corrected chi connectivity index (χ2v) is 6.13. The van der Waals surface area contributed by atoms with Gasteiger partial charge in [-0.15, -0.1) is 0 Å². The molecule has 0 aromatic heterocycles. The molecule has 0 unspecified atom stereocenters. The van der Waals surface area contributed by atoms with Gasteiger partial charge in [0.2, 0.25) is 0 Å². The standard InChI is InChI=1S/C18H21NO3/c1-18(2,3)13-9-10-16(20)15(11-13)19-17(21)12-22-14-7-5-4-6-8-14/h4-11,20H,12H2,1-3H3,(H,19,21). The molecule has 4 nitrogen and oxygen atoms in total. The Labute approximate surface area is 130 Å². The van der Waals surface area contributed by atoms with Crippen LogP contribution in [-0.4, -0.2) is 17.6 Å². The summed E-state index contributed by atoms with van der Waals surface area (Å²) in [7, 11) is 0. The average Bonchev–Trinajstić information content (AvgIpc) is 2.47. The number of amides is 1. The number of rotatable bonds is 4. The molecule has 0 saturated heterocycles. The van der Waals surface area contributed by atoms with Crippen LogP contribution in [0.4, 0.5) is 5.69 Å². The number of para-hydroxylation sites is 1. The zero-order chi connectivity index (χ0) is 16.2. The summed E-state index contributed by atoms with van der Waals surface area (Å²) in [5.41, 5.74) is 1.37. The van der Waals surface area contributed by atoms with Crippen molar-refractivity contribution < 1.29 is 14.6 Å². The summed E-state index contributed by atoms with van der Waals surface area (Å²) in [5, 5.41) is 12.6. The van der Waals surface area contributed by atoms with Gasteiger partial charge >= 0.3 is 0 Å². The first-order chi connectivity index (χ1) is 10.4. The number of nitrogens with one attached hydrogen (secondary N) is 1. The van der Waals surface area contributed by atoms with E-state index >= 15 is 0 Å². The quantitative estimate of drug-likeness (QED) is 0.846. The molecule has 0 radical (unpaired) electrons. The first kappa shape index (κ1) is 15.9. The van der Waals surface area contributed by atoms with Crippen LogP contribution in [-0.2, 0) is 10.2 Å². The number of carbonyl (C=O) groups is 1. The highest BCUT2D eigenvalue weighted by atomic mass is 16.5. The molecular weight excluding hydrogens is 278 g/mol. The first-order valence-corrected chi connectivity index (χ1v) is 7.17. The Morgan fingerprint density at radius 3 is 2.45 bits per heavy atom. The lowest BCUT2D eigenvalue weighted by Crippen LogP contribution is -2.20. The number of phenols is 1. The van der Waals surface area contributed by atoms with Gasteiger partial charge in [0.15, 0.2) is 6.61 Å². The van der Waals surface area contributed by atoms with Crippen molar-refractivity contribution in [1.29, 1.82) is 0 Å². The second-order valence-electron chi connectivity index (χ2n) is 6.13. The van der Waals surface area contributed by atoms with E-state index in [9.17, 15) is 9.90 Å². The Balaban J connectivity index is 2.02. The number of aromatic hydroxyl groups is 1. The third-order valence-corrected chi connectivity index (χ3v) is 3.25. The third-order valence-electron chi connectivity index (χ3n) is 3.25. The second kappa shape index (κ2) is 6.52.